The van der Waals surface area contributed by atoms with Crippen molar-refractivity contribution >= 4 is 23.6 Å². The summed E-state index contributed by atoms with van der Waals surface area (Å²) in [5.74, 6) is -0.155. The number of nitrogens with one attached hydrogen (secondary N) is 3. The Kier molecular flexibility index (Phi) is 11.2. The lowest BCUT2D eigenvalue weighted by atomic mass is 10.0. The zero-order chi connectivity index (χ0) is 27.4. The van der Waals surface area contributed by atoms with Gasteiger partial charge in [0, 0.05) is 17.8 Å². The molecule has 0 bridgehead atoms. The number of benzene rings is 2. The summed E-state index contributed by atoms with van der Waals surface area (Å²) in [6.07, 6.45) is 3.69. The number of amides is 3. The van der Waals surface area contributed by atoms with Crippen LogP contribution in [0.5, 0.6) is 5.75 Å². The summed E-state index contributed by atoms with van der Waals surface area (Å²) in [5.41, 5.74) is 1.06. The highest BCUT2D eigenvalue weighted by molar-refractivity contribution is 5.99. The lowest BCUT2D eigenvalue weighted by Crippen LogP contribution is -2.52. The molecule has 3 N–H and O–H groups in total. The number of rotatable bonds is 11. The Bertz CT molecular complexity index is 1040. The van der Waals surface area contributed by atoms with Crippen LogP contribution in [0.4, 0.5) is 10.5 Å². The third-order valence-electron chi connectivity index (χ3n) is 5.37. The minimum atomic E-state index is -0.796. The van der Waals surface area contributed by atoms with Crippen molar-refractivity contribution in [3.05, 3.63) is 72.3 Å². The van der Waals surface area contributed by atoms with E-state index in [1.165, 1.54) is 6.08 Å². The molecule has 2 atom stereocenters. The molecule has 8 nitrogen and oxygen atoms in total. The quantitative estimate of drug-likeness (QED) is 0.375. The molecule has 0 aliphatic heterocycles. The van der Waals surface area contributed by atoms with Crippen molar-refractivity contribution in [1.82, 2.24) is 10.6 Å². The van der Waals surface area contributed by atoms with Gasteiger partial charge in [-0.15, -0.1) is 0 Å². The predicted molar refractivity (Wildman–Crippen MR) is 145 cm³/mol. The zero-order valence-corrected chi connectivity index (χ0v) is 22.5. The van der Waals surface area contributed by atoms with E-state index in [1.807, 2.05) is 44.2 Å². The number of aryl methyl sites for hydroxylation is 1. The van der Waals surface area contributed by atoms with Crippen LogP contribution in [0.2, 0.25) is 0 Å². The second-order valence-corrected chi connectivity index (χ2v) is 10.1. The molecule has 0 aromatic heterocycles. The number of anilines is 1. The average Bonchev–Trinajstić information content (AvgIpc) is 2.84. The Morgan fingerprint density at radius 1 is 0.946 bits per heavy atom. The summed E-state index contributed by atoms with van der Waals surface area (Å²) < 4.78 is 10.5. The van der Waals surface area contributed by atoms with Gasteiger partial charge in [-0.25, -0.2) is 4.79 Å². The largest absolute Gasteiger partial charge is 0.497 e. The zero-order valence-electron chi connectivity index (χ0n) is 22.5. The molecule has 2 aromatic rings. The van der Waals surface area contributed by atoms with Crippen LogP contribution in [0, 0.1) is 5.92 Å². The van der Waals surface area contributed by atoms with Crippen LogP contribution < -0.4 is 20.7 Å². The van der Waals surface area contributed by atoms with Gasteiger partial charge in [0.2, 0.25) is 11.8 Å². The van der Waals surface area contributed by atoms with Gasteiger partial charge < -0.3 is 25.4 Å². The van der Waals surface area contributed by atoms with Crippen LogP contribution in [0.15, 0.2) is 66.7 Å². The number of ether oxygens (including phenoxy) is 2. The van der Waals surface area contributed by atoms with Gasteiger partial charge in [-0.1, -0.05) is 50.3 Å². The summed E-state index contributed by atoms with van der Waals surface area (Å²) in [4.78, 5) is 38.0. The second kappa shape index (κ2) is 14.1. The van der Waals surface area contributed by atoms with E-state index in [0.29, 0.717) is 24.3 Å². The number of alkyl carbamates (subject to hydrolysis) is 1. The molecule has 3 amide bonds. The fourth-order valence-corrected chi connectivity index (χ4v) is 3.49. The standard InChI is InChI=1S/C29H39N3O5/c1-20(2)26(32-28(35)37-29(3,4)5)27(34)31-23(13-12-21-10-8-7-9-11-21)16-19-25(33)30-22-14-17-24(36-6)18-15-22/h7-11,14-20,23,26H,12-13H2,1-6H3,(H,30,33)(H,31,34)(H,32,35)/b19-16+/t23-,26-/m0/s1. The molecule has 0 heterocycles. The Labute approximate surface area is 219 Å². The molecule has 0 fully saturated rings. The van der Waals surface area contributed by atoms with Crippen LogP contribution in [0.3, 0.4) is 0 Å². The minimum Gasteiger partial charge on any atom is -0.497 e. The molecular formula is C29H39N3O5. The fraction of sp³-hybridized carbons (Fsp3) is 0.414. The highest BCUT2D eigenvalue weighted by atomic mass is 16.6. The second-order valence-electron chi connectivity index (χ2n) is 10.1. The summed E-state index contributed by atoms with van der Waals surface area (Å²) in [6, 6.07) is 15.7. The summed E-state index contributed by atoms with van der Waals surface area (Å²) in [7, 11) is 1.58. The first-order valence-electron chi connectivity index (χ1n) is 12.4. The van der Waals surface area contributed by atoms with E-state index in [-0.39, 0.29) is 17.7 Å². The van der Waals surface area contributed by atoms with Gasteiger partial charge in [-0.2, -0.15) is 0 Å². The summed E-state index contributed by atoms with van der Waals surface area (Å²) in [6.45, 7) is 8.98. The topological polar surface area (TPSA) is 106 Å². The first-order valence-corrected chi connectivity index (χ1v) is 12.4. The highest BCUT2D eigenvalue weighted by Gasteiger charge is 2.28. The van der Waals surface area contributed by atoms with Crippen molar-refractivity contribution in [3.8, 4) is 5.75 Å². The maximum atomic E-state index is 13.2. The van der Waals surface area contributed by atoms with Crippen molar-refractivity contribution < 1.29 is 23.9 Å². The molecule has 0 radical (unpaired) electrons. The van der Waals surface area contributed by atoms with E-state index < -0.39 is 23.8 Å². The first-order chi connectivity index (χ1) is 17.5. The predicted octanol–water partition coefficient (Wildman–Crippen LogP) is 4.86. The van der Waals surface area contributed by atoms with Crippen LogP contribution in [-0.4, -0.2) is 42.7 Å². The molecule has 2 rings (SSSR count). The van der Waals surface area contributed by atoms with E-state index in [1.54, 1.807) is 58.2 Å². The van der Waals surface area contributed by atoms with Gasteiger partial charge in [0.05, 0.1) is 7.11 Å². The maximum Gasteiger partial charge on any atom is 0.408 e. The number of hydrogen-bond acceptors (Lipinski definition) is 5. The molecule has 0 saturated heterocycles. The Morgan fingerprint density at radius 3 is 2.16 bits per heavy atom. The van der Waals surface area contributed by atoms with E-state index >= 15 is 0 Å². The fourth-order valence-electron chi connectivity index (χ4n) is 3.49. The monoisotopic (exact) mass is 509 g/mol. The number of methoxy groups -OCH3 is 1. The third-order valence-corrected chi connectivity index (χ3v) is 5.37. The van der Waals surface area contributed by atoms with Gasteiger partial charge in [0.25, 0.3) is 0 Å². The summed E-state index contributed by atoms with van der Waals surface area (Å²) in [5, 5.41) is 8.45. The molecule has 200 valence electrons. The number of carbonyl (C=O) groups excluding carboxylic acids is 3. The minimum absolute atomic E-state index is 0.176. The Balaban J connectivity index is 2.11. The lowest BCUT2D eigenvalue weighted by molar-refractivity contribution is -0.124. The first kappa shape index (κ1) is 29.4. The number of hydrogen-bond donors (Lipinski definition) is 3. The maximum absolute atomic E-state index is 13.2. The normalized spacial score (nSPS) is 13.1. The smallest absolute Gasteiger partial charge is 0.408 e. The van der Waals surface area contributed by atoms with Crippen molar-refractivity contribution in [2.24, 2.45) is 5.92 Å². The lowest BCUT2D eigenvalue weighted by Gasteiger charge is -2.26. The average molecular weight is 510 g/mol. The molecular weight excluding hydrogens is 470 g/mol. The van der Waals surface area contributed by atoms with E-state index in [2.05, 4.69) is 16.0 Å². The number of carbonyl (C=O) groups is 3. The molecule has 0 unspecified atom stereocenters. The summed E-state index contributed by atoms with van der Waals surface area (Å²) >= 11 is 0. The van der Waals surface area contributed by atoms with Crippen molar-refractivity contribution in [2.45, 2.75) is 65.1 Å². The van der Waals surface area contributed by atoms with Gasteiger partial charge in [0.15, 0.2) is 0 Å². The molecule has 2 aromatic carbocycles. The van der Waals surface area contributed by atoms with Crippen molar-refractivity contribution in [3.63, 3.8) is 0 Å². The third kappa shape index (κ3) is 11.2. The molecule has 0 aliphatic carbocycles. The van der Waals surface area contributed by atoms with Gasteiger partial charge in [-0.3, -0.25) is 9.59 Å². The van der Waals surface area contributed by atoms with E-state index in [9.17, 15) is 14.4 Å². The van der Waals surface area contributed by atoms with Crippen molar-refractivity contribution in [1.29, 1.82) is 0 Å². The van der Waals surface area contributed by atoms with Crippen LogP contribution in [0.25, 0.3) is 0 Å². The molecule has 0 spiro atoms. The molecule has 0 saturated carbocycles. The van der Waals surface area contributed by atoms with Crippen LogP contribution >= 0.6 is 0 Å². The molecule has 8 heteroatoms. The van der Waals surface area contributed by atoms with Crippen LogP contribution in [-0.2, 0) is 20.7 Å². The van der Waals surface area contributed by atoms with Gasteiger partial charge >= 0.3 is 6.09 Å². The van der Waals surface area contributed by atoms with Gasteiger partial charge in [-0.05, 0) is 69.4 Å². The van der Waals surface area contributed by atoms with Gasteiger partial charge in [0.1, 0.15) is 17.4 Å². The molecule has 0 aliphatic rings. The van der Waals surface area contributed by atoms with E-state index in [4.69, 9.17) is 9.47 Å². The van der Waals surface area contributed by atoms with Crippen molar-refractivity contribution in [2.75, 3.05) is 12.4 Å². The highest BCUT2D eigenvalue weighted by Crippen LogP contribution is 2.15. The Hall–Kier alpha value is -3.81. The molecule has 37 heavy (non-hydrogen) atoms. The van der Waals surface area contributed by atoms with E-state index in [0.717, 1.165) is 5.56 Å². The Morgan fingerprint density at radius 2 is 1.59 bits per heavy atom. The SMILES string of the molecule is COc1ccc(NC(=O)/C=C/[C@H](CCc2ccccc2)NC(=O)[C@@H](NC(=O)OC(C)(C)C)C(C)C)cc1. The van der Waals surface area contributed by atoms with Crippen LogP contribution in [0.1, 0.15) is 46.6 Å².